The Morgan fingerprint density at radius 2 is 0.753 bits per heavy atom. The van der Waals surface area contributed by atoms with Gasteiger partial charge in [-0.3, -0.25) is 28.8 Å². The fourth-order valence-electron chi connectivity index (χ4n) is 9.61. The van der Waals surface area contributed by atoms with Crippen molar-refractivity contribution >= 4 is 41.9 Å². The van der Waals surface area contributed by atoms with Gasteiger partial charge in [0.15, 0.2) is 0 Å². The molecule has 2 fully saturated rings. The Kier molecular flexibility index (Phi) is 41.1. The van der Waals surface area contributed by atoms with Crippen LogP contribution in [0.25, 0.3) is 0 Å². The number of amides is 1. The largest absolute Gasteiger partial charge is 0.465 e. The third-order valence-corrected chi connectivity index (χ3v) is 14.4. The average Bonchev–Trinajstić information content (AvgIpc) is 3.41. The van der Waals surface area contributed by atoms with Crippen molar-refractivity contribution in [1.29, 1.82) is 0 Å². The summed E-state index contributed by atoms with van der Waals surface area (Å²) < 4.78 is 40.1. The van der Waals surface area contributed by atoms with Gasteiger partial charge in [0.1, 0.15) is 12.2 Å². The monoisotopic (exact) mass is 1090 g/mol. The van der Waals surface area contributed by atoms with Gasteiger partial charge in [-0.2, -0.15) is 0 Å². The second kappa shape index (κ2) is 45.8. The number of hydrogen-bond donors (Lipinski definition) is 1. The molecule has 1 amide bonds. The Balaban J connectivity index is 2.18. The Labute approximate surface area is 463 Å². The molecule has 2 atom stereocenters. The number of unbranched alkanes of at least 4 members (excludes halogenated alkanes) is 20. The van der Waals surface area contributed by atoms with Gasteiger partial charge < -0.3 is 48.1 Å². The Hall–Kier alpha value is -3.99. The Morgan fingerprint density at radius 3 is 1.09 bits per heavy atom. The molecule has 0 spiro atoms. The fraction of sp³-hybridized carbons (Fsp3) is 0.883. The van der Waals surface area contributed by atoms with Crippen LogP contribution in [-0.4, -0.2) is 141 Å². The van der Waals surface area contributed by atoms with Gasteiger partial charge in [0.25, 0.3) is 0 Å². The second-order valence-electron chi connectivity index (χ2n) is 21.8. The van der Waals surface area contributed by atoms with Crippen molar-refractivity contribution in [3.05, 3.63) is 0 Å². The molecule has 0 radical (unpaired) electrons. The quantitative estimate of drug-likeness (QED) is 0.0341. The van der Waals surface area contributed by atoms with E-state index >= 15 is 0 Å². The van der Waals surface area contributed by atoms with E-state index < -0.39 is 66.0 Å². The summed E-state index contributed by atoms with van der Waals surface area (Å²) in [4.78, 5) is 96.0. The molecule has 2 saturated heterocycles. The molecule has 0 unspecified atom stereocenters. The van der Waals surface area contributed by atoms with E-state index in [9.17, 15) is 38.7 Å². The van der Waals surface area contributed by atoms with Crippen LogP contribution in [0.4, 0.5) is 4.79 Å². The van der Waals surface area contributed by atoms with Crippen molar-refractivity contribution in [2.45, 2.75) is 264 Å². The highest BCUT2D eigenvalue weighted by molar-refractivity contribution is 5.73. The van der Waals surface area contributed by atoms with Gasteiger partial charge in [-0.05, 0) is 44.9 Å². The molecule has 17 nitrogen and oxygen atoms in total. The number of rotatable bonds is 46. The van der Waals surface area contributed by atoms with E-state index in [1.54, 1.807) is 0 Å². The predicted molar refractivity (Wildman–Crippen MR) is 296 cm³/mol. The first-order chi connectivity index (χ1) is 37.3. The van der Waals surface area contributed by atoms with Crippen molar-refractivity contribution in [1.82, 2.24) is 9.80 Å². The van der Waals surface area contributed by atoms with E-state index in [-0.39, 0.29) is 97.2 Å². The maximum Gasteiger partial charge on any atom is 0.410 e. The minimum absolute atomic E-state index is 0.0421. The summed E-state index contributed by atoms with van der Waals surface area (Å²) in [5, 5.41) is 9.90. The maximum absolute atomic E-state index is 13.8. The van der Waals surface area contributed by atoms with E-state index in [4.69, 9.17) is 33.2 Å². The Morgan fingerprint density at radius 1 is 0.429 bits per heavy atom. The first-order valence-electron chi connectivity index (χ1n) is 30.7. The summed E-state index contributed by atoms with van der Waals surface area (Å²) >= 11 is 0. The number of carbonyl (C=O) groups is 7. The number of aliphatic hydroxyl groups excluding tert-OH is 1. The molecule has 77 heavy (non-hydrogen) atoms. The van der Waals surface area contributed by atoms with Crippen LogP contribution in [0.5, 0.6) is 0 Å². The molecule has 2 heterocycles. The summed E-state index contributed by atoms with van der Waals surface area (Å²) in [5.41, 5.74) is 0. The molecule has 446 valence electrons. The lowest BCUT2D eigenvalue weighted by molar-refractivity contribution is -0.166. The molecule has 0 saturated carbocycles. The van der Waals surface area contributed by atoms with Gasteiger partial charge in [-0.1, -0.05) is 156 Å². The highest BCUT2D eigenvalue weighted by Crippen LogP contribution is 2.22. The van der Waals surface area contributed by atoms with Gasteiger partial charge >= 0.3 is 41.9 Å². The highest BCUT2D eigenvalue weighted by atomic mass is 16.6. The topological polar surface area (TPSA) is 211 Å². The lowest BCUT2D eigenvalue weighted by Gasteiger charge is -2.36. The Bertz CT molecular complexity index is 1430. The van der Waals surface area contributed by atoms with Gasteiger partial charge in [0.05, 0.1) is 65.1 Å². The van der Waals surface area contributed by atoms with Crippen molar-refractivity contribution in [2.24, 2.45) is 11.8 Å². The molecule has 0 aromatic carbocycles. The molecular formula is C60H106N2O15. The van der Waals surface area contributed by atoms with E-state index in [1.807, 2.05) is 0 Å². The van der Waals surface area contributed by atoms with E-state index in [2.05, 4.69) is 32.6 Å². The summed E-state index contributed by atoms with van der Waals surface area (Å²) in [6.07, 6.45) is 23.9. The first-order valence-corrected chi connectivity index (χ1v) is 30.7. The molecule has 17 heteroatoms. The van der Waals surface area contributed by atoms with Gasteiger partial charge in [0.2, 0.25) is 0 Å². The molecule has 2 aliphatic rings. The predicted octanol–water partition coefficient (Wildman–Crippen LogP) is 11.7. The van der Waals surface area contributed by atoms with Crippen LogP contribution in [0, 0.1) is 11.8 Å². The van der Waals surface area contributed by atoms with Crippen LogP contribution in [0.15, 0.2) is 0 Å². The lowest BCUT2D eigenvalue weighted by atomic mass is 10.0. The standard InChI is InChI=1S/C60H106N2O15/c1-5-9-13-17-21-25-30-54(64)72-45-49(46-73-55(65)31-26-22-18-14-10-6-2)40-58(68)76-52-42-53(44-62(43-52)60(70)71-39-29-36-61-37-34-51(63)35-38-61)77-59(69)41-50(47-74-56(66)32-27-23-19-15-11-7-3)48-75-57(67)33-28-24-20-16-12-8-4/h49-53,63H,5-48H2,1-4H3/t52-,53-/m1/s1. The first kappa shape index (κ1) is 69.1. The third-order valence-electron chi connectivity index (χ3n) is 14.4. The average molecular weight is 1100 g/mol. The summed E-state index contributed by atoms with van der Waals surface area (Å²) in [6, 6.07) is 0. The van der Waals surface area contributed by atoms with Crippen LogP contribution >= 0.6 is 0 Å². The third kappa shape index (κ3) is 37.5. The second-order valence-corrected chi connectivity index (χ2v) is 21.8. The zero-order chi connectivity index (χ0) is 56.1. The SMILES string of the molecule is CCCCCCCCC(=O)OCC(COC(=O)CCCCCCCC)CC(=O)O[C@@H]1C[C@@H](OC(=O)CC(COC(=O)CCCCCCCC)COC(=O)CCCCCCCC)CN(C(=O)OCCCN2CCC(O)CC2)C1. The number of likely N-dealkylation sites (tertiary alicyclic amines) is 2. The normalized spacial score (nSPS) is 16.1. The van der Waals surface area contributed by atoms with E-state index in [1.165, 1.54) is 4.90 Å². The molecule has 0 aromatic heterocycles. The number of aliphatic hydroxyl groups is 1. The zero-order valence-electron chi connectivity index (χ0n) is 48.6. The number of carbonyl (C=O) groups excluding carboxylic acids is 7. The minimum atomic E-state index is -0.922. The van der Waals surface area contributed by atoms with Crippen LogP contribution in [0.1, 0.15) is 246 Å². The molecule has 2 aliphatic heterocycles. The van der Waals surface area contributed by atoms with Crippen molar-refractivity contribution < 1.29 is 71.8 Å². The molecule has 0 aliphatic carbocycles. The maximum atomic E-state index is 13.8. The molecule has 0 aromatic rings. The van der Waals surface area contributed by atoms with Gasteiger partial charge in [-0.15, -0.1) is 0 Å². The van der Waals surface area contributed by atoms with Crippen molar-refractivity contribution in [3.63, 3.8) is 0 Å². The fourth-order valence-corrected chi connectivity index (χ4v) is 9.61. The number of ether oxygens (including phenoxy) is 7. The van der Waals surface area contributed by atoms with Crippen LogP contribution in [0.3, 0.4) is 0 Å². The number of esters is 6. The van der Waals surface area contributed by atoms with Crippen LogP contribution in [-0.2, 0) is 61.9 Å². The summed E-state index contributed by atoms with van der Waals surface area (Å²) in [5.74, 6) is -4.29. The number of hydrogen-bond acceptors (Lipinski definition) is 16. The highest BCUT2D eigenvalue weighted by Gasteiger charge is 2.36. The zero-order valence-corrected chi connectivity index (χ0v) is 48.6. The molecule has 0 bridgehead atoms. The van der Waals surface area contributed by atoms with Crippen LogP contribution in [0.2, 0.25) is 0 Å². The smallest absolute Gasteiger partial charge is 0.410 e. The summed E-state index contributed by atoms with van der Waals surface area (Å²) in [6.45, 7) is 10.2. The van der Waals surface area contributed by atoms with Crippen molar-refractivity contribution in [3.8, 4) is 0 Å². The van der Waals surface area contributed by atoms with Crippen LogP contribution < -0.4 is 0 Å². The van der Waals surface area contributed by atoms with E-state index in [0.717, 1.165) is 142 Å². The number of piperidine rings is 2. The minimum Gasteiger partial charge on any atom is -0.465 e. The molecule has 2 rings (SSSR count). The van der Waals surface area contributed by atoms with Gasteiger partial charge in [-0.25, -0.2) is 4.79 Å². The van der Waals surface area contributed by atoms with Crippen molar-refractivity contribution in [2.75, 3.05) is 65.8 Å². The lowest BCUT2D eigenvalue weighted by Crippen LogP contribution is -2.51. The van der Waals surface area contributed by atoms with E-state index in [0.29, 0.717) is 51.5 Å². The molecular weight excluding hydrogens is 989 g/mol. The van der Waals surface area contributed by atoms with Gasteiger partial charge in [0, 0.05) is 63.6 Å². The molecule has 1 N–H and O–H groups in total. The summed E-state index contributed by atoms with van der Waals surface area (Å²) in [7, 11) is 0. The number of nitrogens with zero attached hydrogens (tertiary/aromatic N) is 2.